The van der Waals surface area contributed by atoms with E-state index < -0.39 is 0 Å². The minimum Gasteiger partial charge on any atom is -0.464 e. The van der Waals surface area contributed by atoms with Gasteiger partial charge in [-0.1, -0.05) is 45.4 Å². The van der Waals surface area contributed by atoms with Crippen LogP contribution in [0.4, 0.5) is 0 Å². The predicted molar refractivity (Wildman–Crippen MR) is 82.1 cm³/mol. The molecule has 2 rings (SSSR count). The Kier molecular flexibility index (Phi) is 4.96. The maximum Gasteiger partial charge on any atom is 0.180 e. The maximum atomic E-state index is 12.5. The van der Waals surface area contributed by atoms with E-state index in [9.17, 15) is 4.79 Å². The third-order valence-corrected chi connectivity index (χ3v) is 3.86. The van der Waals surface area contributed by atoms with E-state index in [1.165, 1.54) is 0 Å². The van der Waals surface area contributed by atoms with E-state index in [-0.39, 0.29) is 5.78 Å². The van der Waals surface area contributed by atoms with Crippen molar-refractivity contribution in [2.75, 3.05) is 19.6 Å². The molecule has 0 aliphatic heterocycles. The lowest BCUT2D eigenvalue weighted by Crippen LogP contribution is -2.33. The van der Waals surface area contributed by atoms with E-state index in [0.29, 0.717) is 18.0 Å². The third-order valence-electron chi connectivity index (χ3n) is 3.86. The van der Waals surface area contributed by atoms with Crippen molar-refractivity contribution in [1.82, 2.24) is 4.90 Å². The molecular formula is C17H23NO2. The molecule has 1 aromatic carbocycles. The van der Waals surface area contributed by atoms with Crippen molar-refractivity contribution in [2.45, 2.75) is 27.2 Å². The Morgan fingerprint density at radius 2 is 2.05 bits per heavy atom. The molecule has 3 nitrogen and oxygen atoms in total. The van der Waals surface area contributed by atoms with Crippen molar-refractivity contribution in [3.63, 3.8) is 0 Å². The number of para-hydroxylation sites is 1. The first-order valence-electron chi connectivity index (χ1n) is 7.37. The topological polar surface area (TPSA) is 33.5 Å². The predicted octanol–water partition coefficient (Wildman–Crippen LogP) is 3.98. The van der Waals surface area contributed by atoms with Gasteiger partial charge in [-0.2, -0.15) is 0 Å². The molecule has 0 aliphatic rings. The Morgan fingerprint density at radius 3 is 2.75 bits per heavy atom. The molecule has 0 fully saturated rings. The van der Waals surface area contributed by atoms with Crippen molar-refractivity contribution in [1.29, 1.82) is 0 Å². The monoisotopic (exact) mass is 273 g/mol. The minimum atomic E-state index is 0.139. The van der Waals surface area contributed by atoms with E-state index in [4.69, 9.17) is 4.42 Å². The fraction of sp³-hybridized carbons (Fsp3) is 0.471. The average Bonchev–Trinajstić information content (AvgIpc) is 2.90. The Labute approximate surface area is 120 Å². The van der Waals surface area contributed by atoms with Crippen LogP contribution in [-0.2, 0) is 0 Å². The smallest absolute Gasteiger partial charge is 0.180 e. The summed E-state index contributed by atoms with van der Waals surface area (Å²) < 4.78 is 5.45. The zero-order valence-electron chi connectivity index (χ0n) is 12.6. The molecule has 1 aromatic heterocycles. The number of fused-ring (bicyclic) bond motifs is 1. The van der Waals surface area contributed by atoms with Crippen LogP contribution in [0.5, 0.6) is 0 Å². The minimum absolute atomic E-state index is 0.139. The van der Waals surface area contributed by atoms with Crippen LogP contribution in [0.2, 0.25) is 0 Å². The van der Waals surface area contributed by atoms with Crippen molar-refractivity contribution in [2.24, 2.45) is 5.92 Å². The van der Waals surface area contributed by atoms with Gasteiger partial charge in [0.1, 0.15) is 11.8 Å². The van der Waals surface area contributed by atoms with Gasteiger partial charge in [0.2, 0.25) is 0 Å². The molecule has 1 unspecified atom stereocenters. The fourth-order valence-electron chi connectivity index (χ4n) is 2.36. The highest BCUT2D eigenvalue weighted by Gasteiger charge is 2.17. The first-order valence-corrected chi connectivity index (χ1v) is 7.37. The second-order valence-electron chi connectivity index (χ2n) is 5.41. The van der Waals surface area contributed by atoms with Crippen molar-refractivity contribution in [3.8, 4) is 0 Å². The summed E-state index contributed by atoms with van der Waals surface area (Å²) in [6, 6.07) is 7.69. The molecule has 0 bridgehead atoms. The van der Waals surface area contributed by atoms with Crippen molar-refractivity contribution < 1.29 is 9.21 Å². The van der Waals surface area contributed by atoms with E-state index in [0.717, 1.165) is 30.5 Å². The number of hydrogen-bond donors (Lipinski definition) is 0. The summed E-state index contributed by atoms with van der Waals surface area (Å²) in [5, 5.41) is 0.914. The van der Waals surface area contributed by atoms with Crippen LogP contribution < -0.4 is 0 Å². The zero-order valence-corrected chi connectivity index (χ0v) is 12.6. The molecule has 0 spiro atoms. The second-order valence-corrected chi connectivity index (χ2v) is 5.41. The van der Waals surface area contributed by atoms with Gasteiger partial charge < -0.3 is 4.42 Å². The Hall–Kier alpha value is -1.61. The number of likely N-dealkylation sites (N-methyl/N-ethyl adjacent to an activating group) is 1. The first kappa shape index (κ1) is 14.8. The second kappa shape index (κ2) is 6.71. The van der Waals surface area contributed by atoms with Crippen LogP contribution in [0, 0.1) is 5.92 Å². The van der Waals surface area contributed by atoms with Crippen LogP contribution in [0.15, 0.2) is 34.9 Å². The molecule has 0 N–H and O–H groups in total. The highest BCUT2D eigenvalue weighted by molar-refractivity contribution is 6.08. The summed E-state index contributed by atoms with van der Waals surface area (Å²) in [6.45, 7) is 8.83. The lowest BCUT2D eigenvalue weighted by molar-refractivity contribution is 0.0924. The standard InChI is InChI=1S/C17H23NO2/c1-4-13(3)10-18(5-2)11-16(19)15-12-20-17-9-7-6-8-14(15)17/h6-9,12-13H,4-5,10-11H2,1-3H3. The number of hydrogen-bond acceptors (Lipinski definition) is 3. The molecule has 0 aliphatic carbocycles. The molecule has 108 valence electrons. The number of furan rings is 1. The molecule has 0 radical (unpaired) electrons. The number of carbonyl (C=O) groups is 1. The number of ketones is 1. The summed E-state index contributed by atoms with van der Waals surface area (Å²) >= 11 is 0. The number of carbonyl (C=O) groups excluding carboxylic acids is 1. The summed E-state index contributed by atoms with van der Waals surface area (Å²) in [5.74, 6) is 0.754. The summed E-state index contributed by atoms with van der Waals surface area (Å²) in [5.41, 5.74) is 1.48. The van der Waals surface area contributed by atoms with Gasteiger partial charge in [-0.3, -0.25) is 9.69 Å². The largest absolute Gasteiger partial charge is 0.464 e. The number of nitrogens with zero attached hydrogens (tertiary/aromatic N) is 1. The van der Waals surface area contributed by atoms with Crippen LogP contribution in [-0.4, -0.2) is 30.3 Å². The lowest BCUT2D eigenvalue weighted by Gasteiger charge is -2.22. The SMILES string of the molecule is CCC(C)CN(CC)CC(=O)c1coc2ccccc12. The van der Waals surface area contributed by atoms with Crippen molar-refractivity contribution in [3.05, 3.63) is 36.1 Å². The van der Waals surface area contributed by atoms with Gasteiger partial charge in [0.15, 0.2) is 5.78 Å². The molecule has 20 heavy (non-hydrogen) atoms. The number of Topliss-reactive ketones (excluding diaryl/α,β-unsaturated/α-hetero) is 1. The molecule has 1 atom stereocenters. The molecule has 0 amide bonds. The van der Waals surface area contributed by atoms with Gasteiger partial charge in [0.05, 0.1) is 12.1 Å². The van der Waals surface area contributed by atoms with Gasteiger partial charge >= 0.3 is 0 Å². The maximum absolute atomic E-state index is 12.5. The van der Waals surface area contributed by atoms with Crippen molar-refractivity contribution >= 4 is 16.8 Å². The van der Waals surface area contributed by atoms with Gasteiger partial charge in [0.25, 0.3) is 0 Å². The van der Waals surface area contributed by atoms with E-state index >= 15 is 0 Å². The van der Waals surface area contributed by atoms with Crippen LogP contribution in [0.3, 0.4) is 0 Å². The molecule has 0 saturated carbocycles. The normalized spacial score (nSPS) is 13.0. The fourth-order valence-corrected chi connectivity index (χ4v) is 2.36. The quantitative estimate of drug-likeness (QED) is 0.715. The molecular weight excluding hydrogens is 250 g/mol. The Bertz CT molecular complexity index is 573. The summed E-state index contributed by atoms with van der Waals surface area (Å²) in [4.78, 5) is 14.7. The summed E-state index contributed by atoms with van der Waals surface area (Å²) in [6.07, 6.45) is 2.73. The zero-order chi connectivity index (χ0) is 14.5. The van der Waals surface area contributed by atoms with Crippen LogP contribution in [0.1, 0.15) is 37.6 Å². The molecule has 3 heteroatoms. The van der Waals surface area contributed by atoms with Gasteiger partial charge in [-0.05, 0) is 18.5 Å². The number of rotatable bonds is 7. The van der Waals surface area contributed by atoms with Crippen LogP contribution in [0.25, 0.3) is 11.0 Å². The van der Waals surface area contributed by atoms with E-state index in [2.05, 4.69) is 25.7 Å². The summed E-state index contributed by atoms with van der Waals surface area (Å²) in [7, 11) is 0. The molecule has 1 heterocycles. The van der Waals surface area contributed by atoms with Crippen LogP contribution >= 0.6 is 0 Å². The average molecular weight is 273 g/mol. The van der Waals surface area contributed by atoms with Gasteiger partial charge in [-0.25, -0.2) is 0 Å². The lowest BCUT2D eigenvalue weighted by atomic mass is 10.1. The Balaban J connectivity index is 2.11. The Morgan fingerprint density at radius 1 is 1.30 bits per heavy atom. The van der Waals surface area contributed by atoms with E-state index in [1.807, 2.05) is 24.3 Å². The first-order chi connectivity index (χ1) is 9.65. The molecule has 2 aromatic rings. The third kappa shape index (κ3) is 3.28. The highest BCUT2D eigenvalue weighted by atomic mass is 16.3. The van der Waals surface area contributed by atoms with Gasteiger partial charge in [0, 0.05) is 11.9 Å². The number of benzene rings is 1. The molecule has 0 saturated heterocycles. The highest BCUT2D eigenvalue weighted by Crippen LogP contribution is 2.21. The van der Waals surface area contributed by atoms with E-state index in [1.54, 1.807) is 6.26 Å². The van der Waals surface area contributed by atoms with Gasteiger partial charge in [-0.15, -0.1) is 0 Å².